The average molecular weight is 262 g/mol. The molecule has 0 heterocycles. The maximum absolute atomic E-state index is 9.20. The van der Waals surface area contributed by atoms with Crippen LogP contribution in [0.15, 0.2) is 60.2 Å². The second kappa shape index (κ2) is 7.28. The predicted octanol–water partition coefficient (Wildman–Crippen LogP) is 3.69. The molecule has 0 saturated heterocycles. The van der Waals surface area contributed by atoms with Crippen LogP contribution in [0.1, 0.15) is 16.7 Å². The lowest BCUT2D eigenvalue weighted by Gasteiger charge is -2.04. The minimum absolute atomic E-state index is 0.583. The minimum atomic E-state index is 0.583. The highest BCUT2D eigenvalue weighted by Crippen LogP contribution is 2.09. The van der Waals surface area contributed by atoms with Gasteiger partial charge in [0.1, 0.15) is 0 Å². The van der Waals surface area contributed by atoms with E-state index in [0.29, 0.717) is 6.54 Å². The number of benzene rings is 2. The first kappa shape index (κ1) is 14.0. The molecule has 0 aliphatic heterocycles. The van der Waals surface area contributed by atoms with Crippen molar-refractivity contribution >= 4 is 6.08 Å². The van der Waals surface area contributed by atoms with Gasteiger partial charge in [0.25, 0.3) is 0 Å². The molecule has 0 aliphatic rings. The highest BCUT2D eigenvalue weighted by molar-refractivity contribution is 5.58. The second-order valence-electron chi connectivity index (χ2n) is 4.78. The first-order chi connectivity index (χ1) is 9.78. The van der Waals surface area contributed by atoms with Gasteiger partial charge in [0, 0.05) is 18.7 Å². The van der Waals surface area contributed by atoms with Crippen LogP contribution in [0.4, 0.5) is 0 Å². The molecule has 2 aromatic carbocycles. The molecule has 0 fully saturated rings. The summed E-state index contributed by atoms with van der Waals surface area (Å²) >= 11 is 0. The first-order valence-corrected chi connectivity index (χ1v) is 6.70. The highest BCUT2D eigenvalue weighted by atomic mass is 14.8. The highest BCUT2D eigenvalue weighted by Gasteiger charge is 1.98. The van der Waals surface area contributed by atoms with Crippen LogP contribution < -0.4 is 5.32 Å². The van der Waals surface area contributed by atoms with Crippen molar-refractivity contribution in [2.75, 3.05) is 6.54 Å². The largest absolute Gasteiger partial charge is 0.308 e. The van der Waals surface area contributed by atoms with E-state index in [0.717, 1.165) is 17.7 Å². The summed E-state index contributed by atoms with van der Waals surface area (Å²) in [6.45, 7) is 3.41. The lowest BCUT2D eigenvalue weighted by atomic mass is 10.1. The van der Waals surface area contributed by atoms with Gasteiger partial charge in [-0.15, -0.1) is 0 Å². The van der Waals surface area contributed by atoms with Gasteiger partial charge in [-0.05, 0) is 24.1 Å². The number of nitrogens with one attached hydrogen (secondary N) is 1. The Labute approximate surface area is 120 Å². The fraction of sp³-hybridized carbons (Fsp3) is 0.167. The Kier molecular flexibility index (Phi) is 5.11. The summed E-state index contributed by atoms with van der Waals surface area (Å²) in [5, 5.41) is 12.5. The third kappa shape index (κ3) is 4.38. The van der Waals surface area contributed by atoms with Crippen LogP contribution in [-0.4, -0.2) is 6.54 Å². The van der Waals surface area contributed by atoms with Gasteiger partial charge in [-0.2, -0.15) is 5.26 Å². The molecule has 0 saturated carbocycles. The van der Waals surface area contributed by atoms with Gasteiger partial charge >= 0.3 is 0 Å². The molecule has 100 valence electrons. The molecule has 0 amide bonds. The first-order valence-electron chi connectivity index (χ1n) is 6.70. The van der Waals surface area contributed by atoms with E-state index in [1.165, 1.54) is 11.1 Å². The van der Waals surface area contributed by atoms with Gasteiger partial charge in [0.2, 0.25) is 0 Å². The van der Waals surface area contributed by atoms with Gasteiger partial charge in [0.15, 0.2) is 0 Å². The Bertz CT molecular complexity index is 621. The van der Waals surface area contributed by atoms with E-state index in [4.69, 9.17) is 0 Å². The fourth-order valence-corrected chi connectivity index (χ4v) is 2.02. The molecule has 0 aliphatic carbocycles. The summed E-state index contributed by atoms with van der Waals surface area (Å²) in [5.74, 6) is 0. The number of hydrogen-bond donors (Lipinski definition) is 1. The van der Waals surface area contributed by atoms with Gasteiger partial charge in [0.05, 0.1) is 6.07 Å². The van der Waals surface area contributed by atoms with E-state index in [1.54, 1.807) is 0 Å². The molecule has 1 N–H and O–H groups in total. The second-order valence-corrected chi connectivity index (χ2v) is 4.78. The summed E-state index contributed by atoms with van der Waals surface area (Å²) < 4.78 is 0. The van der Waals surface area contributed by atoms with Crippen LogP contribution in [0.5, 0.6) is 0 Å². The number of nitriles is 1. The number of aryl methyl sites for hydroxylation is 1. The van der Waals surface area contributed by atoms with E-state index in [2.05, 4.69) is 42.6 Å². The quantitative estimate of drug-likeness (QED) is 0.834. The monoisotopic (exact) mass is 262 g/mol. The normalized spacial score (nSPS) is 11.1. The van der Waals surface area contributed by atoms with Crippen LogP contribution in [0.2, 0.25) is 0 Å². The summed E-state index contributed by atoms with van der Waals surface area (Å²) in [5.41, 5.74) is 4.24. The van der Waals surface area contributed by atoms with E-state index >= 15 is 0 Å². The Morgan fingerprint density at radius 2 is 1.95 bits per heavy atom. The van der Waals surface area contributed by atoms with Gasteiger partial charge < -0.3 is 5.32 Å². The molecule has 20 heavy (non-hydrogen) atoms. The molecule has 0 bridgehead atoms. The van der Waals surface area contributed by atoms with Crippen LogP contribution in [0, 0.1) is 18.3 Å². The maximum atomic E-state index is 9.20. The molecule has 0 radical (unpaired) electrons. The summed E-state index contributed by atoms with van der Waals surface area (Å²) in [6, 6.07) is 20.6. The number of rotatable bonds is 5. The molecule has 2 aromatic rings. The van der Waals surface area contributed by atoms with E-state index in [1.807, 2.05) is 36.4 Å². The Balaban J connectivity index is 1.94. The molecule has 0 atom stereocenters. The van der Waals surface area contributed by atoms with Crippen molar-refractivity contribution in [2.24, 2.45) is 0 Å². The zero-order valence-corrected chi connectivity index (χ0v) is 11.6. The van der Waals surface area contributed by atoms with Crippen molar-refractivity contribution in [2.45, 2.75) is 13.5 Å². The van der Waals surface area contributed by atoms with E-state index < -0.39 is 0 Å². The van der Waals surface area contributed by atoms with Crippen LogP contribution in [-0.2, 0) is 6.54 Å². The molecule has 2 rings (SSSR count). The number of hydrogen-bond acceptors (Lipinski definition) is 2. The van der Waals surface area contributed by atoms with E-state index in [9.17, 15) is 5.26 Å². The van der Waals surface area contributed by atoms with Crippen LogP contribution in [0.3, 0.4) is 0 Å². The molecule has 2 nitrogen and oxygen atoms in total. The maximum Gasteiger partial charge on any atom is 0.0961 e. The Morgan fingerprint density at radius 1 is 1.15 bits per heavy atom. The van der Waals surface area contributed by atoms with E-state index in [-0.39, 0.29) is 0 Å². The van der Waals surface area contributed by atoms with Crippen molar-refractivity contribution in [3.05, 3.63) is 76.9 Å². The van der Waals surface area contributed by atoms with Crippen LogP contribution in [0.25, 0.3) is 6.08 Å². The zero-order chi connectivity index (χ0) is 14.2. The molecular formula is C18H18N2. The summed E-state index contributed by atoms with van der Waals surface area (Å²) in [7, 11) is 0. The van der Waals surface area contributed by atoms with Gasteiger partial charge in [-0.3, -0.25) is 0 Å². The third-order valence-corrected chi connectivity index (χ3v) is 3.01. The minimum Gasteiger partial charge on any atom is -0.308 e. The summed E-state index contributed by atoms with van der Waals surface area (Å²) in [6.07, 6.45) is 1.94. The predicted molar refractivity (Wildman–Crippen MR) is 82.9 cm³/mol. The fourth-order valence-electron chi connectivity index (χ4n) is 2.02. The lowest BCUT2D eigenvalue weighted by Crippen LogP contribution is -2.15. The van der Waals surface area contributed by atoms with Crippen molar-refractivity contribution < 1.29 is 0 Å². The Hall–Kier alpha value is -2.37. The zero-order valence-electron chi connectivity index (χ0n) is 11.6. The lowest BCUT2D eigenvalue weighted by molar-refractivity contribution is 0.750. The molecule has 0 unspecified atom stereocenters. The third-order valence-electron chi connectivity index (χ3n) is 3.01. The van der Waals surface area contributed by atoms with Gasteiger partial charge in [-0.1, -0.05) is 60.2 Å². The van der Waals surface area contributed by atoms with Crippen LogP contribution >= 0.6 is 0 Å². The molecular weight excluding hydrogens is 244 g/mol. The standard InChI is InChI=1S/C18H18N2/c1-15-6-5-9-17(10-15)11-18(12-19)14-20-13-16-7-3-2-4-8-16/h2-11,20H,13-14H2,1H3/b18-11+. The van der Waals surface area contributed by atoms with Gasteiger partial charge in [-0.25, -0.2) is 0 Å². The number of nitrogens with zero attached hydrogens (tertiary/aromatic N) is 1. The van der Waals surface area contributed by atoms with Crippen molar-refractivity contribution in [1.82, 2.24) is 5.32 Å². The molecule has 2 heteroatoms. The average Bonchev–Trinajstić information content (AvgIpc) is 2.47. The smallest absolute Gasteiger partial charge is 0.0961 e. The van der Waals surface area contributed by atoms with Crippen molar-refractivity contribution in [1.29, 1.82) is 5.26 Å². The molecule has 0 spiro atoms. The SMILES string of the molecule is Cc1cccc(/C=C(\C#N)CNCc2ccccc2)c1. The molecule has 0 aromatic heterocycles. The summed E-state index contributed by atoms with van der Waals surface area (Å²) in [4.78, 5) is 0. The van der Waals surface area contributed by atoms with Crippen molar-refractivity contribution in [3.8, 4) is 6.07 Å². The van der Waals surface area contributed by atoms with Crippen molar-refractivity contribution in [3.63, 3.8) is 0 Å². The Morgan fingerprint density at radius 3 is 2.65 bits per heavy atom. The topological polar surface area (TPSA) is 35.8 Å².